The number of tetrazole rings is 1. The van der Waals surface area contributed by atoms with Gasteiger partial charge in [-0.25, -0.2) is 0 Å². The lowest BCUT2D eigenvalue weighted by Gasteiger charge is -2.29. The molecule has 0 aliphatic heterocycles. The predicted molar refractivity (Wildman–Crippen MR) is 156 cm³/mol. The number of benzene rings is 2. The fraction of sp³-hybridized carbons (Fsp3) is 0.448. The quantitative estimate of drug-likeness (QED) is 0.159. The number of aromatic amines is 1. The minimum Gasteiger partial charge on any atom is -0.481 e. The number of nitrogens with one attached hydrogen (secondary N) is 2. The van der Waals surface area contributed by atoms with Gasteiger partial charge in [0.1, 0.15) is 6.04 Å². The Morgan fingerprint density at radius 3 is 2.33 bits per heavy atom. The van der Waals surface area contributed by atoms with E-state index in [1.54, 1.807) is 4.90 Å². The molecule has 3 N–H and O–H groups in total. The summed E-state index contributed by atoms with van der Waals surface area (Å²) in [6, 6.07) is 14.4. The molecule has 0 saturated carbocycles. The van der Waals surface area contributed by atoms with Crippen LogP contribution in [0.1, 0.15) is 52.0 Å². The van der Waals surface area contributed by atoms with Gasteiger partial charge in [0.25, 0.3) is 0 Å². The average molecular weight is 567 g/mol. The highest BCUT2D eigenvalue weighted by molar-refractivity contribution is 7.80. The third-order valence-corrected chi connectivity index (χ3v) is 7.22. The summed E-state index contributed by atoms with van der Waals surface area (Å²) in [6.45, 7) is 6.63. The minimum absolute atomic E-state index is 0.00227. The maximum absolute atomic E-state index is 13.7. The Morgan fingerprint density at radius 2 is 1.75 bits per heavy atom. The van der Waals surface area contributed by atoms with Crippen molar-refractivity contribution in [3.63, 3.8) is 0 Å². The molecule has 2 aromatic carbocycles. The van der Waals surface area contributed by atoms with E-state index < -0.39 is 30.3 Å². The molecule has 40 heavy (non-hydrogen) atoms. The maximum atomic E-state index is 13.7. The minimum atomic E-state index is -1.16. The number of aliphatic carboxylic acids is 1. The number of thiol groups is 1. The first-order chi connectivity index (χ1) is 19.2. The van der Waals surface area contributed by atoms with E-state index >= 15 is 0 Å². The van der Waals surface area contributed by atoms with Crippen molar-refractivity contribution in [2.24, 2.45) is 11.8 Å². The van der Waals surface area contributed by atoms with E-state index in [1.807, 2.05) is 62.4 Å². The Balaban J connectivity index is 1.83. The van der Waals surface area contributed by atoms with Crippen molar-refractivity contribution in [1.82, 2.24) is 30.8 Å². The van der Waals surface area contributed by atoms with Crippen molar-refractivity contribution in [2.75, 3.05) is 12.3 Å². The summed E-state index contributed by atoms with van der Waals surface area (Å²) in [7, 11) is 0. The van der Waals surface area contributed by atoms with Crippen molar-refractivity contribution in [2.45, 2.75) is 59.0 Å². The number of rotatable bonds is 15. The summed E-state index contributed by atoms with van der Waals surface area (Å²) in [4.78, 5) is 39.9. The SMILES string of the molecule is CCCCCN(Cc1ccc(-c2ccccc2-c2nn[nH]n2)cc1)C(=O)C(CC(=O)O)NC(=O)C(CS)C(C)C. The van der Waals surface area contributed by atoms with Crippen LogP contribution in [0.15, 0.2) is 48.5 Å². The molecule has 0 radical (unpaired) electrons. The zero-order chi connectivity index (χ0) is 29.1. The lowest BCUT2D eigenvalue weighted by atomic mass is 9.96. The Hall–Kier alpha value is -3.73. The molecular formula is C29H38N6O4S. The average Bonchev–Trinajstić information content (AvgIpc) is 3.47. The van der Waals surface area contributed by atoms with Crippen LogP contribution >= 0.6 is 12.6 Å². The molecule has 1 aromatic heterocycles. The number of H-pyrrole nitrogens is 1. The standard InChI is InChI=1S/C29H38N6O4S/c1-4-5-8-15-35(29(39)25(16-26(36)37)30-28(38)24(18-40)19(2)3)17-20-11-13-21(14-12-20)22-9-6-7-10-23(22)27-31-33-34-32-27/h6-7,9-14,19,24-25,40H,4-5,8,15-18H2,1-3H3,(H,30,38)(H,36,37)(H,31,32,33,34). The van der Waals surface area contributed by atoms with Crippen LogP contribution in [0.2, 0.25) is 0 Å². The fourth-order valence-corrected chi connectivity index (χ4v) is 5.09. The summed E-state index contributed by atoms with van der Waals surface area (Å²) in [5.41, 5.74) is 3.63. The van der Waals surface area contributed by atoms with Gasteiger partial charge in [-0.15, -0.1) is 10.2 Å². The van der Waals surface area contributed by atoms with E-state index in [-0.39, 0.29) is 11.8 Å². The molecule has 2 amide bonds. The first-order valence-corrected chi connectivity index (χ1v) is 14.2. The van der Waals surface area contributed by atoms with Crippen molar-refractivity contribution in [3.8, 4) is 22.5 Å². The number of aromatic nitrogens is 4. The summed E-state index contributed by atoms with van der Waals surface area (Å²) in [6.07, 6.45) is 2.19. The number of carboxylic acids is 1. The van der Waals surface area contributed by atoms with Gasteiger partial charge < -0.3 is 15.3 Å². The second kappa shape index (κ2) is 15.2. The van der Waals surface area contributed by atoms with Gasteiger partial charge >= 0.3 is 5.97 Å². The molecule has 0 saturated heterocycles. The molecule has 0 aliphatic rings. The molecule has 214 valence electrons. The molecule has 3 aromatic rings. The fourth-order valence-electron chi connectivity index (χ4n) is 4.51. The van der Waals surface area contributed by atoms with Crippen molar-refractivity contribution < 1.29 is 19.5 Å². The molecule has 1 heterocycles. The van der Waals surface area contributed by atoms with Crippen LogP contribution in [0, 0.1) is 11.8 Å². The highest BCUT2D eigenvalue weighted by Gasteiger charge is 2.31. The van der Waals surface area contributed by atoms with Gasteiger partial charge in [-0.3, -0.25) is 14.4 Å². The van der Waals surface area contributed by atoms with E-state index in [9.17, 15) is 19.5 Å². The molecule has 3 rings (SSSR count). The number of carbonyl (C=O) groups is 3. The molecule has 0 bridgehead atoms. The zero-order valence-electron chi connectivity index (χ0n) is 23.2. The van der Waals surface area contributed by atoms with E-state index in [0.717, 1.165) is 41.5 Å². The number of amides is 2. The summed E-state index contributed by atoms with van der Waals surface area (Å²) < 4.78 is 0. The third kappa shape index (κ3) is 8.38. The summed E-state index contributed by atoms with van der Waals surface area (Å²) in [5.74, 6) is -1.53. The smallest absolute Gasteiger partial charge is 0.305 e. The summed E-state index contributed by atoms with van der Waals surface area (Å²) in [5, 5.41) is 26.6. The van der Waals surface area contributed by atoms with E-state index in [1.165, 1.54) is 0 Å². The largest absolute Gasteiger partial charge is 0.481 e. The number of nitrogens with zero attached hydrogens (tertiary/aromatic N) is 4. The van der Waals surface area contributed by atoms with Crippen LogP contribution in [-0.2, 0) is 20.9 Å². The van der Waals surface area contributed by atoms with Gasteiger partial charge in [-0.05, 0) is 34.2 Å². The van der Waals surface area contributed by atoms with Crippen LogP contribution in [0.3, 0.4) is 0 Å². The Kier molecular flexibility index (Phi) is 11.7. The maximum Gasteiger partial charge on any atom is 0.305 e. The number of carbonyl (C=O) groups excluding carboxylic acids is 2. The first-order valence-electron chi connectivity index (χ1n) is 13.6. The van der Waals surface area contributed by atoms with E-state index in [0.29, 0.717) is 24.7 Å². The van der Waals surface area contributed by atoms with E-state index in [2.05, 4.69) is 45.5 Å². The predicted octanol–water partition coefficient (Wildman–Crippen LogP) is 4.21. The Bertz CT molecular complexity index is 1250. The molecule has 10 nitrogen and oxygen atoms in total. The monoisotopic (exact) mass is 566 g/mol. The molecule has 0 spiro atoms. The van der Waals surface area contributed by atoms with Gasteiger partial charge in [0.2, 0.25) is 17.6 Å². The van der Waals surface area contributed by atoms with Gasteiger partial charge in [-0.2, -0.15) is 17.8 Å². The van der Waals surface area contributed by atoms with Crippen molar-refractivity contribution in [3.05, 3.63) is 54.1 Å². The highest BCUT2D eigenvalue weighted by atomic mass is 32.1. The Labute approximate surface area is 240 Å². The molecule has 2 atom stereocenters. The van der Waals surface area contributed by atoms with Gasteiger partial charge in [0.05, 0.1) is 6.42 Å². The number of hydrogen-bond acceptors (Lipinski definition) is 7. The molecule has 0 aliphatic carbocycles. The molecule has 2 unspecified atom stereocenters. The molecular weight excluding hydrogens is 528 g/mol. The van der Waals surface area contributed by atoms with Crippen LogP contribution in [0.25, 0.3) is 22.5 Å². The molecule has 0 fully saturated rings. The van der Waals surface area contributed by atoms with Crippen molar-refractivity contribution in [1.29, 1.82) is 0 Å². The third-order valence-electron chi connectivity index (χ3n) is 6.83. The number of hydrogen-bond donors (Lipinski definition) is 4. The first kappa shape index (κ1) is 30.8. The topological polar surface area (TPSA) is 141 Å². The zero-order valence-corrected chi connectivity index (χ0v) is 24.1. The Morgan fingerprint density at radius 1 is 1.05 bits per heavy atom. The van der Waals surface area contributed by atoms with Crippen molar-refractivity contribution >= 4 is 30.4 Å². The van der Waals surface area contributed by atoms with Crippen LogP contribution < -0.4 is 5.32 Å². The summed E-state index contributed by atoms with van der Waals surface area (Å²) >= 11 is 4.28. The lowest BCUT2D eigenvalue weighted by Crippen LogP contribution is -2.51. The van der Waals surface area contributed by atoms with Crippen LogP contribution in [0.5, 0.6) is 0 Å². The van der Waals surface area contributed by atoms with Crippen LogP contribution in [-0.4, -0.2) is 66.8 Å². The lowest BCUT2D eigenvalue weighted by molar-refractivity contribution is -0.144. The normalized spacial score (nSPS) is 12.6. The van der Waals surface area contributed by atoms with Gasteiger partial charge in [-0.1, -0.05) is 82.1 Å². The second-order valence-electron chi connectivity index (χ2n) is 10.1. The van der Waals surface area contributed by atoms with Gasteiger partial charge in [0.15, 0.2) is 0 Å². The van der Waals surface area contributed by atoms with E-state index in [4.69, 9.17) is 0 Å². The number of unbranched alkanes of at least 4 members (excludes halogenated alkanes) is 2. The highest BCUT2D eigenvalue weighted by Crippen LogP contribution is 2.30. The molecule has 11 heteroatoms. The van der Waals surface area contributed by atoms with Gasteiger partial charge in [0, 0.05) is 30.3 Å². The number of carboxylic acid groups (broad SMARTS) is 1. The van der Waals surface area contributed by atoms with Crippen LogP contribution in [0.4, 0.5) is 0 Å². The second-order valence-corrected chi connectivity index (χ2v) is 10.5.